The minimum absolute atomic E-state index is 0. The molecule has 1 aromatic heterocycles. The highest BCUT2D eigenvalue weighted by Crippen LogP contribution is 2.28. The minimum atomic E-state index is -0.993. The van der Waals surface area contributed by atoms with Crippen LogP contribution in [0.1, 0.15) is 37.1 Å². The van der Waals surface area contributed by atoms with Gasteiger partial charge in [0.25, 0.3) is 0 Å². The van der Waals surface area contributed by atoms with Crippen molar-refractivity contribution in [1.29, 1.82) is 0 Å². The fraction of sp³-hybridized carbons (Fsp3) is 0.500. The first-order valence-electron chi connectivity index (χ1n) is 9.96. The SMILES string of the molecule is Cl.N[C@@H]1CCN(C(=O)OCc2ccccc2)[C@H]1C(CCCCc1noc(=O)[nH]1)C(=O)O. The lowest BCUT2D eigenvalue weighted by molar-refractivity contribution is -0.144. The Hall–Kier alpha value is -2.85. The van der Waals surface area contributed by atoms with Crippen molar-refractivity contribution >= 4 is 24.5 Å². The normalized spacial score (nSPS) is 18.9. The van der Waals surface area contributed by atoms with E-state index in [0.717, 1.165) is 5.56 Å². The molecule has 1 amide bonds. The monoisotopic (exact) mass is 454 g/mol. The van der Waals surface area contributed by atoms with E-state index in [1.54, 1.807) is 0 Å². The van der Waals surface area contributed by atoms with Gasteiger partial charge in [0.15, 0.2) is 5.82 Å². The molecular formula is C20H27ClN4O6. The van der Waals surface area contributed by atoms with E-state index < -0.39 is 35.8 Å². The second kappa shape index (κ2) is 11.5. The zero-order valence-corrected chi connectivity index (χ0v) is 17.8. The van der Waals surface area contributed by atoms with Crippen LogP contribution in [0.2, 0.25) is 0 Å². The standard InChI is InChI=1S/C20H26N4O6.ClH/c21-15-10-11-24(20(28)29-12-13-6-2-1-3-7-13)17(15)14(18(25)26)8-4-5-9-16-22-19(27)30-23-16;/h1-3,6-7,14-15,17H,4-5,8-12,21H2,(H,25,26)(H,22,23,27);1H/t14?,15-,17+;/m1./s1. The summed E-state index contributed by atoms with van der Waals surface area (Å²) in [7, 11) is 0. The lowest BCUT2D eigenvalue weighted by Gasteiger charge is -2.31. The van der Waals surface area contributed by atoms with Crippen molar-refractivity contribution in [3.63, 3.8) is 0 Å². The van der Waals surface area contributed by atoms with Gasteiger partial charge in [-0.1, -0.05) is 41.9 Å². The number of nitrogens with two attached hydrogens (primary N) is 1. The molecule has 3 rings (SSSR count). The molecule has 1 aliphatic rings. The van der Waals surface area contributed by atoms with E-state index in [1.165, 1.54) is 4.90 Å². The number of carboxylic acid groups (broad SMARTS) is 1. The van der Waals surface area contributed by atoms with Gasteiger partial charge in [-0.2, -0.15) is 0 Å². The zero-order valence-electron chi connectivity index (χ0n) is 16.9. The number of aryl methyl sites for hydroxylation is 1. The molecule has 11 heteroatoms. The smallest absolute Gasteiger partial charge is 0.438 e. The van der Waals surface area contributed by atoms with Crippen molar-refractivity contribution in [2.45, 2.75) is 50.8 Å². The maximum Gasteiger partial charge on any atom is 0.438 e. The number of hydrogen-bond acceptors (Lipinski definition) is 7. The van der Waals surface area contributed by atoms with Gasteiger partial charge in [-0.3, -0.25) is 14.3 Å². The van der Waals surface area contributed by atoms with Crippen LogP contribution >= 0.6 is 12.4 Å². The van der Waals surface area contributed by atoms with E-state index in [9.17, 15) is 19.5 Å². The molecule has 1 unspecified atom stereocenters. The van der Waals surface area contributed by atoms with Gasteiger partial charge in [-0.25, -0.2) is 9.59 Å². The Labute approximate surface area is 185 Å². The Kier molecular flexibility index (Phi) is 9.07. The number of benzene rings is 1. The van der Waals surface area contributed by atoms with Crippen molar-refractivity contribution in [1.82, 2.24) is 15.0 Å². The summed E-state index contributed by atoms with van der Waals surface area (Å²) < 4.78 is 9.83. The molecule has 0 bridgehead atoms. The number of likely N-dealkylation sites (tertiary alicyclic amines) is 1. The van der Waals surface area contributed by atoms with E-state index >= 15 is 0 Å². The average Bonchev–Trinajstić information content (AvgIpc) is 3.32. The number of nitrogens with one attached hydrogen (secondary N) is 1. The second-order valence-corrected chi connectivity index (χ2v) is 7.41. The van der Waals surface area contributed by atoms with Gasteiger partial charge < -0.3 is 20.5 Å². The van der Waals surface area contributed by atoms with Gasteiger partial charge >= 0.3 is 17.8 Å². The zero-order chi connectivity index (χ0) is 21.5. The Bertz CT molecular complexity index is 902. The van der Waals surface area contributed by atoms with Gasteiger partial charge in [0, 0.05) is 19.0 Å². The highest BCUT2D eigenvalue weighted by Gasteiger charge is 2.43. The number of hydrogen-bond donors (Lipinski definition) is 3. The number of carbonyl (C=O) groups is 2. The number of nitrogens with zero attached hydrogens (tertiary/aromatic N) is 2. The van der Waals surface area contributed by atoms with Crippen LogP contribution in [-0.2, 0) is 22.6 Å². The predicted octanol–water partition coefficient (Wildman–Crippen LogP) is 1.94. The Morgan fingerprint density at radius 3 is 2.71 bits per heavy atom. The average molecular weight is 455 g/mol. The van der Waals surface area contributed by atoms with Gasteiger partial charge in [-0.15, -0.1) is 12.4 Å². The molecular weight excluding hydrogens is 428 g/mol. The fourth-order valence-electron chi connectivity index (χ4n) is 3.84. The molecule has 0 saturated carbocycles. The maximum atomic E-state index is 12.6. The summed E-state index contributed by atoms with van der Waals surface area (Å²) in [6, 6.07) is 8.23. The van der Waals surface area contributed by atoms with Gasteiger partial charge in [-0.05, 0) is 24.8 Å². The second-order valence-electron chi connectivity index (χ2n) is 7.41. The number of ether oxygens (including phenoxy) is 1. The molecule has 31 heavy (non-hydrogen) atoms. The number of rotatable bonds is 9. The number of aromatic nitrogens is 2. The van der Waals surface area contributed by atoms with Crippen LogP contribution in [0.15, 0.2) is 39.6 Å². The van der Waals surface area contributed by atoms with Crippen LogP contribution in [0.3, 0.4) is 0 Å². The number of aromatic amines is 1. The van der Waals surface area contributed by atoms with E-state index in [0.29, 0.717) is 44.5 Å². The summed E-state index contributed by atoms with van der Waals surface area (Å²) in [5, 5.41) is 13.4. The summed E-state index contributed by atoms with van der Waals surface area (Å²) >= 11 is 0. The molecule has 3 atom stereocenters. The Balaban J connectivity index is 0.00000341. The van der Waals surface area contributed by atoms with Crippen molar-refractivity contribution in [3.05, 3.63) is 52.3 Å². The Morgan fingerprint density at radius 1 is 1.32 bits per heavy atom. The van der Waals surface area contributed by atoms with E-state index in [-0.39, 0.29) is 19.0 Å². The quantitative estimate of drug-likeness (QED) is 0.486. The van der Waals surface area contributed by atoms with Crippen molar-refractivity contribution in [3.8, 4) is 0 Å². The summed E-state index contributed by atoms with van der Waals surface area (Å²) in [6.07, 6.45) is 1.97. The molecule has 170 valence electrons. The molecule has 0 spiro atoms. The highest BCUT2D eigenvalue weighted by atomic mass is 35.5. The van der Waals surface area contributed by atoms with E-state index in [2.05, 4.69) is 14.7 Å². The lowest BCUT2D eigenvalue weighted by atomic mass is 9.89. The van der Waals surface area contributed by atoms with Crippen LogP contribution in [0, 0.1) is 5.92 Å². The fourth-order valence-corrected chi connectivity index (χ4v) is 3.84. The van der Waals surface area contributed by atoms with Crippen molar-refractivity contribution < 1.29 is 24.0 Å². The van der Waals surface area contributed by atoms with Crippen molar-refractivity contribution in [2.24, 2.45) is 11.7 Å². The number of unbranched alkanes of at least 4 members (excludes halogenated alkanes) is 1. The van der Waals surface area contributed by atoms with Gasteiger partial charge in [0.05, 0.1) is 12.0 Å². The van der Waals surface area contributed by atoms with Crippen LogP contribution in [0.4, 0.5) is 4.79 Å². The molecule has 0 aliphatic carbocycles. The number of H-pyrrole nitrogens is 1. The third-order valence-corrected chi connectivity index (χ3v) is 5.33. The minimum Gasteiger partial charge on any atom is -0.481 e. The number of carboxylic acids is 1. The molecule has 4 N–H and O–H groups in total. The molecule has 10 nitrogen and oxygen atoms in total. The van der Waals surface area contributed by atoms with Crippen LogP contribution in [-0.4, -0.2) is 50.8 Å². The molecule has 1 aromatic carbocycles. The number of aliphatic carboxylic acids is 1. The summed E-state index contributed by atoms with van der Waals surface area (Å²) in [6.45, 7) is 0.481. The third-order valence-electron chi connectivity index (χ3n) is 5.33. The lowest BCUT2D eigenvalue weighted by Crippen LogP contribution is -2.49. The Morgan fingerprint density at radius 2 is 2.06 bits per heavy atom. The molecule has 2 heterocycles. The van der Waals surface area contributed by atoms with Crippen LogP contribution < -0.4 is 11.5 Å². The number of amides is 1. The van der Waals surface area contributed by atoms with Crippen LogP contribution in [0.25, 0.3) is 0 Å². The van der Waals surface area contributed by atoms with E-state index in [4.69, 9.17) is 10.5 Å². The summed E-state index contributed by atoms with van der Waals surface area (Å²) in [5.74, 6) is -1.98. The van der Waals surface area contributed by atoms with Gasteiger partial charge in [0.2, 0.25) is 0 Å². The van der Waals surface area contributed by atoms with E-state index in [1.807, 2.05) is 30.3 Å². The predicted molar refractivity (Wildman–Crippen MR) is 113 cm³/mol. The third kappa shape index (κ3) is 6.56. The molecule has 1 fully saturated rings. The molecule has 1 aliphatic heterocycles. The molecule has 2 aromatic rings. The summed E-state index contributed by atoms with van der Waals surface area (Å²) in [5.41, 5.74) is 7.03. The van der Waals surface area contributed by atoms with Crippen LogP contribution in [0.5, 0.6) is 0 Å². The first-order valence-corrected chi connectivity index (χ1v) is 9.96. The maximum absolute atomic E-state index is 12.6. The summed E-state index contributed by atoms with van der Waals surface area (Å²) in [4.78, 5) is 39.4. The van der Waals surface area contributed by atoms with Crippen molar-refractivity contribution in [2.75, 3.05) is 6.54 Å². The highest BCUT2D eigenvalue weighted by molar-refractivity contribution is 5.85. The van der Waals surface area contributed by atoms with Gasteiger partial charge in [0.1, 0.15) is 6.61 Å². The largest absolute Gasteiger partial charge is 0.481 e. The molecule has 1 saturated heterocycles. The first-order chi connectivity index (χ1) is 14.5. The number of carbonyl (C=O) groups excluding carboxylic acids is 1. The first kappa shape index (κ1) is 24.4. The topological polar surface area (TPSA) is 152 Å². The molecule has 0 radical (unpaired) electrons. The number of halogens is 1.